The fourth-order valence-corrected chi connectivity index (χ4v) is 3.48. The van der Waals surface area contributed by atoms with Gasteiger partial charge in [0.05, 0.1) is 5.60 Å². The molecule has 1 heteroatoms. The molecule has 0 spiro atoms. The molecule has 104 valence electrons. The van der Waals surface area contributed by atoms with Crippen molar-refractivity contribution in [1.82, 2.24) is 0 Å². The molecular weight excluding hydrogens is 232 g/mol. The largest absolute Gasteiger partial charge is 0.390 e. The summed E-state index contributed by atoms with van der Waals surface area (Å²) in [6.07, 6.45) is 8.11. The van der Waals surface area contributed by atoms with E-state index in [-0.39, 0.29) is 5.60 Å². The quantitative estimate of drug-likeness (QED) is 0.850. The number of benzene rings is 1. The second-order valence-electron chi connectivity index (χ2n) is 7.54. The highest BCUT2D eigenvalue weighted by Gasteiger charge is 2.41. The van der Waals surface area contributed by atoms with E-state index >= 15 is 0 Å². The van der Waals surface area contributed by atoms with Crippen LogP contribution in [-0.4, -0.2) is 10.7 Å². The van der Waals surface area contributed by atoms with Crippen LogP contribution in [0.3, 0.4) is 0 Å². The van der Waals surface area contributed by atoms with Crippen molar-refractivity contribution in [2.24, 2.45) is 5.41 Å². The summed E-state index contributed by atoms with van der Waals surface area (Å²) in [5.41, 5.74) is 3.06. The zero-order chi connectivity index (χ0) is 13.5. The lowest BCUT2D eigenvalue weighted by atomic mass is 9.70. The second-order valence-corrected chi connectivity index (χ2v) is 7.54. The van der Waals surface area contributed by atoms with Gasteiger partial charge >= 0.3 is 0 Å². The van der Waals surface area contributed by atoms with Gasteiger partial charge in [0.1, 0.15) is 0 Å². The lowest BCUT2D eigenvalue weighted by Crippen LogP contribution is -2.21. The standard InChI is InChI=1S/C18H26O/c1-17(2)9-7-14(8-10-17)16-6-4-3-5-15(16)13-18(19)11-12-18/h3-6,14,19H,7-13H2,1-2H3. The molecule has 1 aromatic rings. The molecule has 0 saturated heterocycles. The van der Waals surface area contributed by atoms with Gasteiger partial charge in [0.2, 0.25) is 0 Å². The van der Waals surface area contributed by atoms with Gasteiger partial charge in [-0.3, -0.25) is 0 Å². The first-order valence-electron chi connectivity index (χ1n) is 7.78. The molecule has 0 heterocycles. The van der Waals surface area contributed by atoms with Crippen LogP contribution in [0.1, 0.15) is 69.4 Å². The number of hydrogen-bond donors (Lipinski definition) is 1. The van der Waals surface area contributed by atoms with Gasteiger partial charge in [0.15, 0.2) is 0 Å². The first-order valence-corrected chi connectivity index (χ1v) is 7.78. The number of rotatable bonds is 3. The van der Waals surface area contributed by atoms with E-state index in [1.54, 1.807) is 0 Å². The Bertz CT molecular complexity index is 447. The van der Waals surface area contributed by atoms with Gasteiger partial charge in [-0.1, -0.05) is 38.1 Å². The summed E-state index contributed by atoms with van der Waals surface area (Å²) in [6.45, 7) is 4.78. The van der Waals surface area contributed by atoms with Crippen LogP contribution in [0.5, 0.6) is 0 Å². The molecule has 19 heavy (non-hydrogen) atoms. The van der Waals surface area contributed by atoms with E-state index in [2.05, 4.69) is 38.1 Å². The molecule has 0 amide bonds. The first kappa shape index (κ1) is 13.2. The lowest BCUT2D eigenvalue weighted by molar-refractivity contribution is 0.150. The molecule has 0 bridgehead atoms. The molecule has 0 aromatic heterocycles. The predicted octanol–water partition coefficient (Wildman–Crippen LogP) is 4.44. The van der Waals surface area contributed by atoms with Crippen LogP contribution in [0, 0.1) is 5.41 Å². The highest BCUT2D eigenvalue weighted by molar-refractivity contribution is 5.33. The maximum atomic E-state index is 10.2. The van der Waals surface area contributed by atoms with E-state index in [0.29, 0.717) is 11.3 Å². The summed E-state index contributed by atoms with van der Waals surface area (Å²) in [6, 6.07) is 8.81. The molecule has 2 aliphatic carbocycles. The molecular formula is C18H26O. The van der Waals surface area contributed by atoms with Gasteiger partial charge in [0.25, 0.3) is 0 Å². The van der Waals surface area contributed by atoms with Gasteiger partial charge < -0.3 is 5.11 Å². The molecule has 0 unspecified atom stereocenters. The van der Waals surface area contributed by atoms with Gasteiger partial charge in [-0.05, 0) is 61.0 Å². The van der Waals surface area contributed by atoms with E-state index in [4.69, 9.17) is 0 Å². The Labute approximate surface area is 117 Å². The SMILES string of the molecule is CC1(C)CCC(c2ccccc2CC2(O)CC2)CC1. The summed E-state index contributed by atoms with van der Waals surface area (Å²) < 4.78 is 0. The van der Waals surface area contributed by atoms with Crippen LogP contribution >= 0.6 is 0 Å². The molecule has 2 aliphatic rings. The van der Waals surface area contributed by atoms with Crippen molar-refractivity contribution in [2.75, 3.05) is 0 Å². The molecule has 3 rings (SSSR count). The van der Waals surface area contributed by atoms with Crippen molar-refractivity contribution < 1.29 is 5.11 Å². The van der Waals surface area contributed by atoms with E-state index in [1.165, 1.54) is 36.8 Å². The lowest BCUT2D eigenvalue weighted by Gasteiger charge is -2.35. The van der Waals surface area contributed by atoms with Crippen molar-refractivity contribution in [3.05, 3.63) is 35.4 Å². The zero-order valence-electron chi connectivity index (χ0n) is 12.3. The molecule has 1 N–H and O–H groups in total. The van der Waals surface area contributed by atoms with E-state index in [1.807, 2.05) is 0 Å². The van der Waals surface area contributed by atoms with Crippen molar-refractivity contribution in [3.63, 3.8) is 0 Å². The van der Waals surface area contributed by atoms with E-state index in [0.717, 1.165) is 19.3 Å². The topological polar surface area (TPSA) is 20.2 Å². The Hall–Kier alpha value is -0.820. The summed E-state index contributed by atoms with van der Waals surface area (Å²) in [4.78, 5) is 0. The number of hydrogen-bond acceptors (Lipinski definition) is 1. The van der Waals surface area contributed by atoms with Crippen molar-refractivity contribution in [2.45, 2.75) is 70.3 Å². The minimum atomic E-state index is -0.371. The summed E-state index contributed by atoms with van der Waals surface area (Å²) in [5, 5.41) is 10.2. The summed E-state index contributed by atoms with van der Waals surface area (Å²) in [5.74, 6) is 0.714. The third kappa shape index (κ3) is 3.02. The number of aliphatic hydroxyl groups is 1. The van der Waals surface area contributed by atoms with Crippen LogP contribution in [0.25, 0.3) is 0 Å². The van der Waals surface area contributed by atoms with Gasteiger partial charge in [-0.25, -0.2) is 0 Å². The van der Waals surface area contributed by atoms with Crippen molar-refractivity contribution >= 4 is 0 Å². The third-order valence-corrected chi connectivity index (χ3v) is 5.18. The molecule has 0 atom stereocenters. The maximum Gasteiger partial charge on any atom is 0.0690 e. The Kier molecular flexibility index (Phi) is 3.21. The average Bonchev–Trinajstić information content (AvgIpc) is 3.08. The first-order chi connectivity index (χ1) is 8.98. The van der Waals surface area contributed by atoms with Crippen LogP contribution in [0.2, 0.25) is 0 Å². The van der Waals surface area contributed by atoms with Gasteiger partial charge in [-0.2, -0.15) is 0 Å². The minimum Gasteiger partial charge on any atom is -0.390 e. The highest BCUT2D eigenvalue weighted by atomic mass is 16.3. The Balaban J connectivity index is 1.77. The highest BCUT2D eigenvalue weighted by Crippen LogP contribution is 2.45. The van der Waals surface area contributed by atoms with Gasteiger partial charge in [0, 0.05) is 6.42 Å². The monoisotopic (exact) mass is 258 g/mol. The van der Waals surface area contributed by atoms with Crippen LogP contribution < -0.4 is 0 Å². The van der Waals surface area contributed by atoms with Crippen molar-refractivity contribution in [3.8, 4) is 0 Å². The molecule has 1 aromatic carbocycles. The second kappa shape index (κ2) is 4.63. The fraction of sp³-hybridized carbons (Fsp3) is 0.667. The summed E-state index contributed by atoms with van der Waals surface area (Å²) >= 11 is 0. The van der Waals surface area contributed by atoms with Crippen LogP contribution in [-0.2, 0) is 6.42 Å². The Morgan fingerprint density at radius 1 is 1.05 bits per heavy atom. The van der Waals surface area contributed by atoms with Gasteiger partial charge in [-0.15, -0.1) is 0 Å². The Morgan fingerprint density at radius 3 is 2.32 bits per heavy atom. The third-order valence-electron chi connectivity index (χ3n) is 5.18. The molecule has 0 radical (unpaired) electrons. The summed E-state index contributed by atoms with van der Waals surface area (Å²) in [7, 11) is 0. The van der Waals surface area contributed by atoms with Crippen molar-refractivity contribution in [1.29, 1.82) is 0 Å². The normalized spacial score (nSPS) is 25.2. The Morgan fingerprint density at radius 2 is 1.68 bits per heavy atom. The fourth-order valence-electron chi connectivity index (χ4n) is 3.48. The zero-order valence-corrected chi connectivity index (χ0v) is 12.3. The van der Waals surface area contributed by atoms with Crippen LogP contribution in [0.4, 0.5) is 0 Å². The average molecular weight is 258 g/mol. The predicted molar refractivity (Wildman–Crippen MR) is 79.3 cm³/mol. The molecule has 0 aliphatic heterocycles. The van der Waals surface area contributed by atoms with Crippen LogP contribution in [0.15, 0.2) is 24.3 Å². The molecule has 2 fully saturated rings. The molecule has 1 nitrogen and oxygen atoms in total. The van der Waals surface area contributed by atoms with E-state index in [9.17, 15) is 5.11 Å². The van der Waals surface area contributed by atoms with E-state index < -0.39 is 0 Å². The molecule has 2 saturated carbocycles. The minimum absolute atomic E-state index is 0.371. The smallest absolute Gasteiger partial charge is 0.0690 e. The maximum absolute atomic E-state index is 10.2.